The van der Waals surface area contributed by atoms with Crippen molar-refractivity contribution in [2.45, 2.75) is 36.1 Å². The highest BCUT2D eigenvalue weighted by Gasteiger charge is 2.36. The Kier molecular flexibility index (Phi) is 7.94. The van der Waals surface area contributed by atoms with Crippen LogP contribution in [0.5, 0.6) is 0 Å². The molecular formula is C28H27F3N2O4S. The first-order chi connectivity index (χ1) is 18.0. The fourth-order valence-corrected chi connectivity index (χ4v) is 5.59. The van der Waals surface area contributed by atoms with Crippen molar-refractivity contribution < 1.29 is 26.7 Å². The van der Waals surface area contributed by atoms with Crippen LogP contribution in [-0.2, 0) is 16.0 Å². The fraction of sp³-hybridized carbons (Fsp3) is 0.250. The molecule has 1 atom stereocenters. The predicted octanol–water partition coefficient (Wildman–Crippen LogP) is 5.56. The second-order valence-electron chi connectivity index (χ2n) is 9.19. The summed E-state index contributed by atoms with van der Waals surface area (Å²) in [5, 5.41) is 10.4. The molecule has 0 spiro atoms. The smallest absolute Gasteiger partial charge is 0.396 e. The summed E-state index contributed by atoms with van der Waals surface area (Å²) in [4.78, 5) is 16.2. The molecule has 5 rings (SSSR count). The first-order valence-electron chi connectivity index (χ1n) is 12.0. The summed E-state index contributed by atoms with van der Waals surface area (Å²) < 4.78 is 60.4. The fourth-order valence-electron chi connectivity index (χ4n) is 3.94. The molecule has 0 amide bonds. The summed E-state index contributed by atoms with van der Waals surface area (Å²) in [7, 11) is -3.19. The number of H-pyrrole nitrogens is 2. The molecule has 1 saturated carbocycles. The maximum atomic E-state index is 12.4. The van der Waals surface area contributed by atoms with Crippen molar-refractivity contribution in [3.63, 3.8) is 0 Å². The number of aliphatic hydroxyl groups excluding tert-OH is 1. The van der Waals surface area contributed by atoms with Crippen LogP contribution >= 0.6 is 0 Å². The van der Waals surface area contributed by atoms with Crippen LogP contribution in [0.15, 0.2) is 88.7 Å². The largest absolute Gasteiger partial charge is 0.421 e. The molecule has 0 unspecified atom stereocenters. The molecule has 4 aromatic rings. The number of aliphatic hydroxyl groups is 1. The minimum atomic E-state index is -4.56. The molecule has 0 radical (unpaired) electrons. The maximum Gasteiger partial charge on any atom is 0.421 e. The van der Waals surface area contributed by atoms with E-state index in [0.29, 0.717) is 4.90 Å². The lowest BCUT2D eigenvalue weighted by atomic mass is 9.98. The second-order valence-corrected chi connectivity index (χ2v) is 11.4. The molecule has 1 aliphatic carbocycles. The van der Waals surface area contributed by atoms with Gasteiger partial charge in [0.1, 0.15) is 5.56 Å². The van der Waals surface area contributed by atoms with E-state index in [1.165, 1.54) is 0 Å². The highest BCUT2D eigenvalue weighted by molar-refractivity contribution is 7.92. The lowest BCUT2D eigenvalue weighted by Crippen LogP contribution is -2.20. The van der Waals surface area contributed by atoms with E-state index in [0.717, 1.165) is 58.9 Å². The van der Waals surface area contributed by atoms with Crippen molar-refractivity contribution >= 4 is 26.3 Å². The Morgan fingerprint density at radius 2 is 1.76 bits per heavy atom. The standard InChI is InChI=1S/C22H23NO3S.C6H4F3NO/c1-15(14-24)12-20(22-13-17-4-2-3-5-21(17)23-22)16-6-8-18(9-7-16)27(25,26)19-10-11-19;7-6(8,9)4-2-1-3-10-5(4)11/h2-9,12-13,15,19,23-24H,10-11,14H2,1H3;1-3H,(H,10,11)/b20-12+;/t15-;/m0./s1. The van der Waals surface area contributed by atoms with Crippen LogP contribution in [-0.4, -0.2) is 35.3 Å². The Bertz CT molecular complexity index is 1570. The van der Waals surface area contributed by atoms with Gasteiger partial charge in [-0.3, -0.25) is 4.79 Å². The molecule has 200 valence electrons. The summed E-state index contributed by atoms with van der Waals surface area (Å²) in [6.07, 6.45) is 0.137. The van der Waals surface area contributed by atoms with Crippen LogP contribution in [0, 0.1) is 5.92 Å². The zero-order valence-corrected chi connectivity index (χ0v) is 21.3. The average molecular weight is 545 g/mol. The Hall–Kier alpha value is -3.63. The molecule has 2 aromatic carbocycles. The summed E-state index contributed by atoms with van der Waals surface area (Å²) in [6.45, 7) is 2.01. The number of alkyl halides is 3. The van der Waals surface area contributed by atoms with Crippen LogP contribution in [0.2, 0.25) is 0 Å². The third kappa shape index (κ3) is 6.25. The monoisotopic (exact) mass is 544 g/mol. The maximum absolute atomic E-state index is 12.4. The molecule has 2 heterocycles. The van der Waals surface area contributed by atoms with E-state index in [1.54, 1.807) is 12.1 Å². The number of aromatic amines is 2. The highest BCUT2D eigenvalue weighted by atomic mass is 32.2. The van der Waals surface area contributed by atoms with Gasteiger partial charge in [0.15, 0.2) is 9.84 Å². The van der Waals surface area contributed by atoms with Crippen molar-refractivity contribution in [2.24, 2.45) is 5.92 Å². The normalized spacial score (nSPS) is 15.1. The number of pyridine rings is 1. The first-order valence-corrected chi connectivity index (χ1v) is 13.6. The Labute approximate surface area is 217 Å². The molecule has 0 saturated heterocycles. The molecule has 3 N–H and O–H groups in total. The van der Waals surface area contributed by atoms with Crippen molar-refractivity contribution in [3.8, 4) is 0 Å². The number of para-hydroxylation sites is 1. The van der Waals surface area contributed by atoms with Gasteiger partial charge in [-0.15, -0.1) is 0 Å². The van der Waals surface area contributed by atoms with E-state index < -0.39 is 27.1 Å². The van der Waals surface area contributed by atoms with Gasteiger partial charge in [0.25, 0.3) is 5.56 Å². The van der Waals surface area contributed by atoms with Gasteiger partial charge in [0, 0.05) is 35.0 Å². The van der Waals surface area contributed by atoms with Crippen LogP contribution in [0.4, 0.5) is 13.2 Å². The van der Waals surface area contributed by atoms with Crippen molar-refractivity contribution in [1.29, 1.82) is 0 Å². The summed E-state index contributed by atoms with van der Waals surface area (Å²) in [5.74, 6) is -0.0127. The Morgan fingerprint density at radius 3 is 2.32 bits per heavy atom. The highest BCUT2D eigenvalue weighted by Crippen LogP contribution is 2.35. The SMILES string of the molecule is C[C@@H](/C=C(\c1ccc(S(=O)(=O)C2CC2)cc1)c1cc2ccccc2[nH]1)CO.O=c1[nH]cccc1C(F)(F)F. The topological polar surface area (TPSA) is 103 Å². The minimum Gasteiger partial charge on any atom is -0.396 e. The zero-order chi connectivity index (χ0) is 27.5. The van der Waals surface area contributed by atoms with E-state index in [1.807, 2.05) is 54.4 Å². The molecule has 6 nitrogen and oxygen atoms in total. The third-order valence-corrected chi connectivity index (χ3v) is 8.42. The first kappa shape index (κ1) is 27.4. The number of aromatic nitrogens is 2. The second kappa shape index (κ2) is 11.0. The number of hydrogen-bond acceptors (Lipinski definition) is 4. The van der Waals surface area contributed by atoms with E-state index in [-0.39, 0.29) is 17.8 Å². The summed E-state index contributed by atoms with van der Waals surface area (Å²) >= 11 is 0. The number of hydrogen-bond donors (Lipinski definition) is 3. The van der Waals surface area contributed by atoms with Gasteiger partial charge in [-0.05, 0) is 60.7 Å². The average Bonchev–Trinajstić information content (AvgIpc) is 3.67. The molecule has 1 aliphatic rings. The molecule has 0 aliphatic heterocycles. The molecular weight excluding hydrogens is 517 g/mol. The van der Waals surface area contributed by atoms with Crippen molar-refractivity contribution in [1.82, 2.24) is 9.97 Å². The lowest BCUT2D eigenvalue weighted by Gasteiger charge is -2.11. The van der Waals surface area contributed by atoms with Crippen molar-refractivity contribution in [2.75, 3.05) is 6.61 Å². The Morgan fingerprint density at radius 1 is 1.08 bits per heavy atom. The molecule has 10 heteroatoms. The van der Waals surface area contributed by atoms with Gasteiger partial charge in [-0.25, -0.2) is 8.42 Å². The van der Waals surface area contributed by atoms with Crippen LogP contribution in [0.25, 0.3) is 16.5 Å². The molecule has 38 heavy (non-hydrogen) atoms. The minimum absolute atomic E-state index is 0.0127. The Balaban J connectivity index is 0.000000257. The lowest BCUT2D eigenvalue weighted by molar-refractivity contribution is -0.138. The number of sulfone groups is 1. The molecule has 0 bridgehead atoms. The number of fused-ring (bicyclic) bond motifs is 1. The number of benzene rings is 2. The van der Waals surface area contributed by atoms with Gasteiger partial charge in [0.05, 0.1) is 10.1 Å². The quantitative estimate of drug-likeness (QED) is 0.296. The molecule has 1 fully saturated rings. The van der Waals surface area contributed by atoms with Crippen LogP contribution < -0.4 is 5.56 Å². The number of rotatable bonds is 6. The van der Waals surface area contributed by atoms with Gasteiger partial charge in [-0.1, -0.05) is 43.3 Å². The van der Waals surface area contributed by atoms with Gasteiger partial charge < -0.3 is 15.1 Å². The van der Waals surface area contributed by atoms with Gasteiger partial charge >= 0.3 is 6.18 Å². The van der Waals surface area contributed by atoms with Crippen molar-refractivity contribution in [3.05, 3.63) is 106 Å². The summed E-state index contributed by atoms with van der Waals surface area (Å²) in [5.41, 5.74) is 1.61. The predicted molar refractivity (Wildman–Crippen MR) is 140 cm³/mol. The number of nitrogens with one attached hydrogen (secondary N) is 2. The van der Waals surface area contributed by atoms with E-state index in [9.17, 15) is 31.5 Å². The van der Waals surface area contributed by atoms with Gasteiger partial charge in [0.2, 0.25) is 0 Å². The molecule has 2 aromatic heterocycles. The van der Waals surface area contributed by atoms with E-state index >= 15 is 0 Å². The zero-order valence-electron chi connectivity index (χ0n) is 20.5. The van der Waals surface area contributed by atoms with Gasteiger partial charge in [-0.2, -0.15) is 13.2 Å². The number of halogens is 3. The van der Waals surface area contributed by atoms with E-state index in [2.05, 4.69) is 11.1 Å². The third-order valence-electron chi connectivity index (χ3n) is 6.14. The van der Waals surface area contributed by atoms with Crippen LogP contribution in [0.3, 0.4) is 0 Å². The van der Waals surface area contributed by atoms with E-state index in [4.69, 9.17) is 0 Å². The summed E-state index contributed by atoms with van der Waals surface area (Å²) in [6, 6.07) is 19.1. The van der Waals surface area contributed by atoms with Crippen LogP contribution in [0.1, 0.15) is 36.6 Å².